The molecule has 0 aliphatic carbocycles. The lowest BCUT2D eigenvalue weighted by Gasteiger charge is -2.22. The van der Waals surface area contributed by atoms with Crippen molar-refractivity contribution in [2.24, 2.45) is 0 Å². The summed E-state index contributed by atoms with van der Waals surface area (Å²) in [6, 6.07) is 3.68. The van der Waals surface area contributed by atoms with Crippen molar-refractivity contribution in [1.29, 1.82) is 0 Å². The molecule has 1 amide bonds. The average Bonchev–Trinajstić information content (AvgIpc) is 2.61. The number of hydrogen-bond donors (Lipinski definition) is 0. The van der Waals surface area contributed by atoms with Crippen molar-refractivity contribution in [2.75, 3.05) is 12.4 Å². The number of amides is 1. The molecule has 0 N–H and O–H groups in total. The molecule has 1 heterocycles. The molecular formula is C9H11BrClNOS. The average molecular weight is 297 g/mol. The van der Waals surface area contributed by atoms with Crippen LogP contribution in [0.25, 0.3) is 0 Å². The maximum atomic E-state index is 11.8. The largest absolute Gasteiger partial charge is 0.337 e. The maximum Gasteiger partial charge on any atom is 0.263 e. The number of halogens is 2. The highest BCUT2D eigenvalue weighted by Gasteiger charge is 2.17. The Morgan fingerprint density at radius 1 is 1.71 bits per heavy atom. The number of thiophene rings is 1. The Labute approximate surface area is 101 Å². The topological polar surface area (TPSA) is 20.3 Å². The standard InChI is InChI=1S/C9H11BrClNOS/c1-6(5-10)12(2)9(13)7-3-4-8(11)14-7/h3-4,6H,5H2,1-2H3. The van der Waals surface area contributed by atoms with Gasteiger partial charge in [0, 0.05) is 18.4 Å². The predicted octanol–water partition coefficient (Wildman–Crippen LogP) is 3.26. The summed E-state index contributed by atoms with van der Waals surface area (Å²) in [6.45, 7) is 1.99. The first-order valence-electron chi connectivity index (χ1n) is 4.14. The van der Waals surface area contributed by atoms with Crippen LogP contribution < -0.4 is 0 Å². The fourth-order valence-electron chi connectivity index (χ4n) is 0.907. The third-order valence-corrected chi connectivity index (χ3v) is 4.14. The molecule has 0 saturated carbocycles. The number of nitrogens with zero attached hydrogens (tertiary/aromatic N) is 1. The molecule has 5 heteroatoms. The van der Waals surface area contributed by atoms with Crippen LogP contribution in [0.1, 0.15) is 16.6 Å². The summed E-state index contributed by atoms with van der Waals surface area (Å²) in [6.07, 6.45) is 0. The number of carbonyl (C=O) groups is 1. The second kappa shape index (κ2) is 5.14. The van der Waals surface area contributed by atoms with E-state index in [9.17, 15) is 4.79 Å². The van der Waals surface area contributed by atoms with Crippen molar-refractivity contribution in [2.45, 2.75) is 13.0 Å². The lowest BCUT2D eigenvalue weighted by Crippen LogP contribution is -2.35. The fraction of sp³-hybridized carbons (Fsp3) is 0.444. The van der Waals surface area contributed by atoms with Gasteiger partial charge in [-0.25, -0.2) is 0 Å². The smallest absolute Gasteiger partial charge is 0.263 e. The molecule has 1 atom stereocenters. The third kappa shape index (κ3) is 2.72. The van der Waals surface area contributed by atoms with E-state index in [1.165, 1.54) is 11.3 Å². The highest BCUT2D eigenvalue weighted by atomic mass is 79.9. The predicted molar refractivity (Wildman–Crippen MR) is 64.7 cm³/mol. The van der Waals surface area contributed by atoms with E-state index in [1.807, 2.05) is 6.92 Å². The minimum absolute atomic E-state index is 0.0221. The second-order valence-electron chi connectivity index (χ2n) is 3.02. The van der Waals surface area contributed by atoms with Gasteiger partial charge in [-0.15, -0.1) is 11.3 Å². The molecule has 0 aliphatic rings. The van der Waals surface area contributed by atoms with Crippen LogP contribution in [0.5, 0.6) is 0 Å². The van der Waals surface area contributed by atoms with E-state index in [0.29, 0.717) is 9.21 Å². The van der Waals surface area contributed by atoms with Crippen LogP contribution in [0, 0.1) is 0 Å². The summed E-state index contributed by atoms with van der Waals surface area (Å²) in [5, 5.41) is 0.772. The Kier molecular flexibility index (Phi) is 4.41. The van der Waals surface area contributed by atoms with E-state index in [1.54, 1.807) is 24.1 Å². The first-order valence-corrected chi connectivity index (χ1v) is 6.46. The summed E-state index contributed by atoms with van der Waals surface area (Å²) in [4.78, 5) is 14.2. The highest BCUT2D eigenvalue weighted by molar-refractivity contribution is 9.09. The van der Waals surface area contributed by atoms with Crippen molar-refractivity contribution >= 4 is 44.8 Å². The molecule has 14 heavy (non-hydrogen) atoms. The zero-order valence-electron chi connectivity index (χ0n) is 7.96. The molecule has 0 aromatic carbocycles. The Balaban J connectivity index is 2.75. The lowest BCUT2D eigenvalue weighted by atomic mass is 10.3. The van der Waals surface area contributed by atoms with Gasteiger partial charge in [-0.2, -0.15) is 0 Å². The normalized spacial score (nSPS) is 12.6. The Morgan fingerprint density at radius 2 is 2.36 bits per heavy atom. The van der Waals surface area contributed by atoms with Crippen LogP contribution in [0.2, 0.25) is 4.34 Å². The maximum absolute atomic E-state index is 11.8. The monoisotopic (exact) mass is 295 g/mol. The van der Waals surface area contributed by atoms with Crippen molar-refractivity contribution in [1.82, 2.24) is 4.90 Å². The van der Waals surface area contributed by atoms with Gasteiger partial charge in [-0.3, -0.25) is 4.79 Å². The van der Waals surface area contributed by atoms with E-state index in [4.69, 9.17) is 11.6 Å². The molecule has 2 nitrogen and oxygen atoms in total. The molecule has 0 fully saturated rings. The molecule has 0 bridgehead atoms. The first kappa shape index (κ1) is 12.0. The van der Waals surface area contributed by atoms with Crippen LogP contribution in [0.15, 0.2) is 12.1 Å². The van der Waals surface area contributed by atoms with Gasteiger partial charge >= 0.3 is 0 Å². The molecule has 0 spiro atoms. The van der Waals surface area contributed by atoms with E-state index in [-0.39, 0.29) is 11.9 Å². The fourth-order valence-corrected chi connectivity index (χ4v) is 2.37. The minimum atomic E-state index is 0.0221. The SMILES string of the molecule is CC(CBr)N(C)C(=O)c1ccc(Cl)s1. The summed E-state index contributed by atoms with van der Waals surface area (Å²) in [7, 11) is 1.79. The Bertz CT molecular complexity index is 328. The van der Waals surface area contributed by atoms with Crippen LogP contribution in [-0.2, 0) is 0 Å². The molecule has 78 valence electrons. The molecule has 1 aromatic heterocycles. The molecule has 1 aromatic rings. The van der Waals surface area contributed by atoms with Crippen molar-refractivity contribution in [3.8, 4) is 0 Å². The molecule has 0 saturated heterocycles. The Morgan fingerprint density at radius 3 is 2.79 bits per heavy atom. The zero-order valence-corrected chi connectivity index (χ0v) is 11.1. The molecule has 0 aliphatic heterocycles. The van der Waals surface area contributed by atoms with Crippen LogP contribution >= 0.6 is 38.9 Å². The third-order valence-electron chi connectivity index (χ3n) is 1.99. The van der Waals surface area contributed by atoms with E-state index < -0.39 is 0 Å². The number of hydrogen-bond acceptors (Lipinski definition) is 2. The summed E-state index contributed by atoms with van der Waals surface area (Å²) in [5.74, 6) is 0.0221. The highest BCUT2D eigenvalue weighted by Crippen LogP contribution is 2.23. The number of carbonyl (C=O) groups excluding carboxylic acids is 1. The molecule has 1 unspecified atom stereocenters. The molecule has 0 radical (unpaired) electrons. The lowest BCUT2D eigenvalue weighted by molar-refractivity contribution is 0.0763. The van der Waals surface area contributed by atoms with Crippen LogP contribution in [0.3, 0.4) is 0 Å². The van der Waals surface area contributed by atoms with Crippen molar-refractivity contribution < 1.29 is 4.79 Å². The van der Waals surface area contributed by atoms with E-state index in [0.717, 1.165) is 5.33 Å². The van der Waals surface area contributed by atoms with Gasteiger partial charge in [0.15, 0.2) is 0 Å². The first-order chi connectivity index (χ1) is 6.56. The minimum Gasteiger partial charge on any atom is -0.337 e. The van der Waals surface area contributed by atoms with E-state index >= 15 is 0 Å². The van der Waals surface area contributed by atoms with E-state index in [2.05, 4.69) is 15.9 Å². The summed E-state index contributed by atoms with van der Waals surface area (Å²) >= 11 is 10.4. The van der Waals surface area contributed by atoms with Crippen molar-refractivity contribution in [3.63, 3.8) is 0 Å². The quantitative estimate of drug-likeness (QED) is 0.784. The van der Waals surface area contributed by atoms with Gasteiger partial charge in [-0.05, 0) is 19.1 Å². The Hall–Kier alpha value is -0.0600. The molecular weight excluding hydrogens is 286 g/mol. The second-order valence-corrected chi connectivity index (χ2v) is 5.39. The summed E-state index contributed by atoms with van der Waals surface area (Å²) in [5.41, 5.74) is 0. The summed E-state index contributed by atoms with van der Waals surface area (Å²) < 4.78 is 0.647. The van der Waals surface area contributed by atoms with Gasteiger partial charge < -0.3 is 4.90 Å². The van der Waals surface area contributed by atoms with Gasteiger partial charge in [0.2, 0.25) is 0 Å². The number of rotatable bonds is 3. The van der Waals surface area contributed by atoms with Crippen LogP contribution in [0.4, 0.5) is 0 Å². The molecule has 1 rings (SSSR count). The van der Waals surface area contributed by atoms with Gasteiger partial charge in [0.25, 0.3) is 5.91 Å². The number of alkyl halides is 1. The van der Waals surface area contributed by atoms with Gasteiger partial charge in [-0.1, -0.05) is 27.5 Å². The van der Waals surface area contributed by atoms with Gasteiger partial charge in [0.05, 0.1) is 9.21 Å². The van der Waals surface area contributed by atoms with Crippen molar-refractivity contribution in [3.05, 3.63) is 21.3 Å². The van der Waals surface area contributed by atoms with Gasteiger partial charge in [0.1, 0.15) is 0 Å². The van der Waals surface area contributed by atoms with Crippen LogP contribution in [-0.4, -0.2) is 29.2 Å². The zero-order chi connectivity index (χ0) is 10.7.